The van der Waals surface area contributed by atoms with Gasteiger partial charge in [-0.1, -0.05) is 48.2 Å². The fourth-order valence-corrected chi connectivity index (χ4v) is 4.11. The van der Waals surface area contributed by atoms with Crippen LogP contribution in [0.25, 0.3) is 11.1 Å². The van der Waals surface area contributed by atoms with Gasteiger partial charge in [0.2, 0.25) is 0 Å². The number of carbonyl (C=O) groups is 1. The predicted octanol–water partition coefficient (Wildman–Crippen LogP) is 5.54. The molecular weight excluding hydrogens is 415 g/mol. The number of carbonyl (C=O) groups excluding carboxylic acids is 1. The van der Waals surface area contributed by atoms with Crippen molar-refractivity contribution in [3.05, 3.63) is 89.2 Å². The van der Waals surface area contributed by atoms with Crippen LogP contribution < -0.4 is 4.74 Å². The number of benzene rings is 3. The predicted molar refractivity (Wildman–Crippen MR) is 119 cm³/mol. The molecule has 31 heavy (non-hydrogen) atoms. The number of nitrogens with zero attached hydrogens (tertiary/aromatic N) is 2. The monoisotopic (exact) mass is 436 g/mol. The van der Waals surface area contributed by atoms with Gasteiger partial charge in [0.05, 0.1) is 7.11 Å². The smallest absolute Gasteiger partial charge is 0.257 e. The van der Waals surface area contributed by atoms with E-state index in [2.05, 4.69) is 4.98 Å². The van der Waals surface area contributed by atoms with Crippen molar-refractivity contribution in [1.29, 1.82) is 0 Å². The molecule has 0 fully saturated rings. The van der Waals surface area contributed by atoms with E-state index < -0.39 is 5.82 Å². The number of oxazole rings is 1. The van der Waals surface area contributed by atoms with E-state index in [1.807, 2.05) is 42.5 Å². The van der Waals surface area contributed by atoms with Crippen molar-refractivity contribution in [2.45, 2.75) is 17.5 Å². The molecule has 3 aromatic carbocycles. The van der Waals surface area contributed by atoms with Crippen LogP contribution in [0.1, 0.15) is 21.5 Å². The summed E-state index contributed by atoms with van der Waals surface area (Å²) in [7, 11) is 3.12. The molecule has 4 aromatic rings. The molecular formula is C24H21FN2O3S. The van der Waals surface area contributed by atoms with Gasteiger partial charge >= 0.3 is 0 Å². The summed E-state index contributed by atoms with van der Waals surface area (Å²) in [6.45, 7) is 0.284. The molecule has 0 aliphatic heterocycles. The minimum Gasteiger partial charge on any atom is -0.494 e. The van der Waals surface area contributed by atoms with Crippen LogP contribution in [0.5, 0.6) is 5.75 Å². The number of halogens is 1. The van der Waals surface area contributed by atoms with E-state index in [9.17, 15) is 9.18 Å². The van der Waals surface area contributed by atoms with E-state index in [0.717, 1.165) is 16.7 Å². The second kappa shape index (κ2) is 9.22. The van der Waals surface area contributed by atoms with Gasteiger partial charge < -0.3 is 14.1 Å². The van der Waals surface area contributed by atoms with Crippen LogP contribution in [0.4, 0.5) is 4.39 Å². The molecule has 1 aromatic heterocycles. The van der Waals surface area contributed by atoms with Crippen LogP contribution in [0.2, 0.25) is 0 Å². The highest BCUT2D eigenvalue weighted by molar-refractivity contribution is 7.98. The topological polar surface area (TPSA) is 55.6 Å². The van der Waals surface area contributed by atoms with Crippen molar-refractivity contribution in [2.24, 2.45) is 0 Å². The van der Waals surface area contributed by atoms with Gasteiger partial charge in [0.1, 0.15) is 5.52 Å². The van der Waals surface area contributed by atoms with Crippen LogP contribution in [0.15, 0.2) is 76.4 Å². The van der Waals surface area contributed by atoms with Crippen molar-refractivity contribution in [2.75, 3.05) is 14.2 Å². The lowest BCUT2D eigenvalue weighted by atomic mass is 10.1. The number of para-hydroxylation sites is 2. The second-order valence-corrected chi connectivity index (χ2v) is 7.95. The Morgan fingerprint density at radius 2 is 1.90 bits per heavy atom. The number of hydrogen-bond acceptors (Lipinski definition) is 5. The molecule has 1 heterocycles. The van der Waals surface area contributed by atoms with Gasteiger partial charge in [-0.05, 0) is 41.5 Å². The number of ether oxygens (including phenoxy) is 1. The summed E-state index contributed by atoms with van der Waals surface area (Å²) < 4.78 is 24.7. The summed E-state index contributed by atoms with van der Waals surface area (Å²) in [4.78, 5) is 19.1. The number of thioether (sulfide) groups is 1. The third-order valence-corrected chi connectivity index (χ3v) is 5.73. The van der Waals surface area contributed by atoms with E-state index in [4.69, 9.17) is 9.15 Å². The summed E-state index contributed by atoms with van der Waals surface area (Å²) in [6.07, 6.45) is 0. The maximum atomic E-state index is 14.0. The van der Waals surface area contributed by atoms with Crippen LogP contribution >= 0.6 is 11.8 Å². The molecule has 0 saturated carbocycles. The number of amides is 1. The molecule has 1 amide bonds. The average molecular weight is 437 g/mol. The maximum absolute atomic E-state index is 14.0. The number of hydrogen-bond donors (Lipinski definition) is 0. The van der Waals surface area contributed by atoms with Crippen LogP contribution in [0.3, 0.4) is 0 Å². The first-order chi connectivity index (χ1) is 15.0. The van der Waals surface area contributed by atoms with E-state index in [0.29, 0.717) is 22.1 Å². The molecule has 0 aliphatic carbocycles. The van der Waals surface area contributed by atoms with Crippen molar-refractivity contribution in [3.8, 4) is 5.75 Å². The molecule has 0 spiro atoms. The second-order valence-electron chi connectivity index (χ2n) is 7.02. The van der Waals surface area contributed by atoms with Gasteiger partial charge in [0.15, 0.2) is 17.1 Å². The zero-order valence-electron chi connectivity index (χ0n) is 17.2. The minimum absolute atomic E-state index is 0.134. The van der Waals surface area contributed by atoms with Crippen molar-refractivity contribution >= 4 is 28.8 Å². The Morgan fingerprint density at radius 1 is 1.13 bits per heavy atom. The Bertz CT molecular complexity index is 1190. The van der Waals surface area contributed by atoms with Gasteiger partial charge in [-0.15, -0.1) is 0 Å². The third kappa shape index (κ3) is 4.72. The summed E-state index contributed by atoms with van der Waals surface area (Å²) in [5.74, 6) is 0.139. The highest BCUT2D eigenvalue weighted by atomic mass is 32.2. The van der Waals surface area contributed by atoms with E-state index in [1.165, 1.54) is 24.9 Å². The lowest BCUT2D eigenvalue weighted by Crippen LogP contribution is -2.27. The molecule has 5 nitrogen and oxygen atoms in total. The first-order valence-electron chi connectivity index (χ1n) is 9.69. The van der Waals surface area contributed by atoms with E-state index in [-0.39, 0.29) is 18.2 Å². The molecule has 158 valence electrons. The fraction of sp³-hybridized carbons (Fsp3) is 0.167. The van der Waals surface area contributed by atoms with Gasteiger partial charge in [-0.25, -0.2) is 9.37 Å². The Labute approximate surface area is 183 Å². The molecule has 0 aliphatic rings. The lowest BCUT2D eigenvalue weighted by Gasteiger charge is -2.19. The third-order valence-electron chi connectivity index (χ3n) is 4.86. The van der Waals surface area contributed by atoms with Crippen LogP contribution in [0, 0.1) is 5.82 Å². The Balaban J connectivity index is 1.47. The van der Waals surface area contributed by atoms with Gasteiger partial charge in [-0.2, -0.15) is 0 Å². The summed E-state index contributed by atoms with van der Waals surface area (Å²) in [5, 5.41) is 0.561. The Morgan fingerprint density at radius 3 is 2.68 bits per heavy atom. The zero-order chi connectivity index (χ0) is 21.8. The zero-order valence-corrected chi connectivity index (χ0v) is 18.0. The molecule has 0 atom stereocenters. The number of aromatic nitrogens is 1. The molecule has 0 N–H and O–H groups in total. The molecule has 4 rings (SSSR count). The first-order valence-corrected chi connectivity index (χ1v) is 10.7. The van der Waals surface area contributed by atoms with E-state index in [1.54, 1.807) is 30.1 Å². The van der Waals surface area contributed by atoms with Crippen molar-refractivity contribution in [3.63, 3.8) is 0 Å². The van der Waals surface area contributed by atoms with E-state index >= 15 is 0 Å². The van der Waals surface area contributed by atoms with Crippen molar-refractivity contribution in [1.82, 2.24) is 9.88 Å². The van der Waals surface area contributed by atoms with Crippen molar-refractivity contribution < 1.29 is 18.3 Å². The first kappa shape index (κ1) is 20.9. The summed E-state index contributed by atoms with van der Waals surface area (Å²) in [6, 6.07) is 19.8. The lowest BCUT2D eigenvalue weighted by molar-refractivity contribution is 0.0784. The highest BCUT2D eigenvalue weighted by Gasteiger charge is 2.17. The quantitative estimate of drug-likeness (QED) is 0.356. The fourth-order valence-electron chi connectivity index (χ4n) is 3.27. The largest absolute Gasteiger partial charge is 0.494 e. The normalized spacial score (nSPS) is 10.9. The van der Waals surface area contributed by atoms with Crippen LogP contribution in [-0.2, 0) is 12.3 Å². The number of rotatable bonds is 7. The summed E-state index contributed by atoms with van der Waals surface area (Å²) >= 11 is 1.44. The van der Waals surface area contributed by atoms with Gasteiger partial charge in [-0.3, -0.25) is 4.79 Å². The molecule has 0 radical (unpaired) electrons. The van der Waals surface area contributed by atoms with Gasteiger partial charge in [0.25, 0.3) is 11.1 Å². The minimum atomic E-state index is -0.448. The Kier molecular flexibility index (Phi) is 6.23. The summed E-state index contributed by atoms with van der Waals surface area (Å²) in [5.41, 5.74) is 3.71. The number of methoxy groups -OCH3 is 1. The highest BCUT2D eigenvalue weighted by Crippen LogP contribution is 2.28. The SMILES string of the molecule is COc1ccc(CN(C)C(=O)c2ccccc2CSc2nc3ccccc3o2)cc1F. The molecule has 0 saturated heterocycles. The maximum Gasteiger partial charge on any atom is 0.257 e. The number of fused-ring (bicyclic) bond motifs is 1. The molecule has 0 unspecified atom stereocenters. The average Bonchev–Trinajstić information content (AvgIpc) is 3.20. The molecule has 7 heteroatoms. The molecule has 0 bridgehead atoms. The van der Waals surface area contributed by atoms with Gasteiger partial charge in [0, 0.05) is 24.9 Å². The Hall–Kier alpha value is -3.32. The van der Waals surface area contributed by atoms with Crippen LogP contribution in [-0.4, -0.2) is 29.9 Å². The standard InChI is InChI=1S/C24H21FN2O3S/c1-27(14-16-11-12-21(29-2)19(25)13-16)23(28)18-8-4-3-7-17(18)15-31-24-26-20-9-5-6-10-22(20)30-24/h3-13H,14-15H2,1-2H3.